The number of hydrogen-bond acceptors (Lipinski definition) is 3. The summed E-state index contributed by atoms with van der Waals surface area (Å²) >= 11 is 0. The Morgan fingerprint density at radius 2 is 2.18 bits per heavy atom. The van der Waals surface area contributed by atoms with Gasteiger partial charge in [-0.05, 0) is 24.6 Å². The average Bonchev–Trinajstić information content (AvgIpc) is 2.72. The highest BCUT2D eigenvalue weighted by atomic mass is 16.2. The molecule has 1 aromatic heterocycles. The van der Waals surface area contributed by atoms with Gasteiger partial charge in [0.25, 0.3) is 0 Å². The van der Waals surface area contributed by atoms with Crippen molar-refractivity contribution in [2.45, 2.75) is 19.4 Å². The second-order valence-electron chi connectivity index (χ2n) is 4.31. The standard InChI is InChI=1S/C12H15N3O2/c1-8(9-2-4-14-5-3-9)15-7-10(12(13)17)6-11(15)16/h2-5,8,10H,6-7H2,1H3,(H2,13,17). The zero-order valence-electron chi connectivity index (χ0n) is 9.67. The molecule has 0 aliphatic carbocycles. The molecular weight excluding hydrogens is 218 g/mol. The number of carbonyl (C=O) groups excluding carboxylic acids is 2. The first kappa shape index (κ1) is 11.6. The van der Waals surface area contributed by atoms with Crippen molar-refractivity contribution in [3.05, 3.63) is 30.1 Å². The van der Waals surface area contributed by atoms with Gasteiger partial charge in [-0.15, -0.1) is 0 Å². The fourth-order valence-corrected chi connectivity index (χ4v) is 2.12. The molecule has 0 spiro atoms. The molecule has 1 fully saturated rings. The zero-order chi connectivity index (χ0) is 12.4. The van der Waals surface area contributed by atoms with Gasteiger partial charge in [-0.2, -0.15) is 0 Å². The van der Waals surface area contributed by atoms with E-state index in [-0.39, 0.29) is 24.3 Å². The van der Waals surface area contributed by atoms with Crippen LogP contribution >= 0.6 is 0 Å². The number of rotatable bonds is 3. The summed E-state index contributed by atoms with van der Waals surface area (Å²) in [6.07, 6.45) is 3.61. The maximum Gasteiger partial charge on any atom is 0.223 e. The SMILES string of the molecule is CC(c1ccncc1)N1CC(C(N)=O)CC1=O. The summed E-state index contributed by atoms with van der Waals surface area (Å²) in [5.74, 6) is -0.771. The molecule has 1 aliphatic heterocycles. The Morgan fingerprint density at radius 1 is 1.53 bits per heavy atom. The molecule has 2 atom stereocenters. The summed E-state index contributed by atoms with van der Waals surface area (Å²) in [4.78, 5) is 28.5. The van der Waals surface area contributed by atoms with Crippen LogP contribution in [0.5, 0.6) is 0 Å². The fourth-order valence-electron chi connectivity index (χ4n) is 2.12. The van der Waals surface area contributed by atoms with E-state index in [4.69, 9.17) is 5.73 Å². The van der Waals surface area contributed by atoms with Gasteiger partial charge < -0.3 is 10.6 Å². The van der Waals surface area contributed by atoms with Gasteiger partial charge in [0.2, 0.25) is 11.8 Å². The lowest BCUT2D eigenvalue weighted by molar-refractivity contribution is -0.130. The maximum atomic E-state index is 11.8. The topological polar surface area (TPSA) is 76.3 Å². The van der Waals surface area contributed by atoms with Crippen molar-refractivity contribution in [1.82, 2.24) is 9.88 Å². The Morgan fingerprint density at radius 3 is 2.71 bits per heavy atom. The minimum atomic E-state index is -0.400. The molecule has 5 heteroatoms. The lowest BCUT2D eigenvalue weighted by Gasteiger charge is -2.24. The molecule has 2 unspecified atom stereocenters. The first-order chi connectivity index (χ1) is 8.09. The number of hydrogen-bond donors (Lipinski definition) is 1. The molecule has 90 valence electrons. The molecular formula is C12H15N3O2. The summed E-state index contributed by atoms with van der Waals surface area (Å²) in [5.41, 5.74) is 6.25. The van der Waals surface area contributed by atoms with Crippen LogP contribution in [0.4, 0.5) is 0 Å². The average molecular weight is 233 g/mol. The highest BCUT2D eigenvalue weighted by Crippen LogP contribution is 2.27. The van der Waals surface area contributed by atoms with Gasteiger partial charge in [0.15, 0.2) is 0 Å². The van der Waals surface area contributed by atoms with E-state index in [9.17, 15) is 9.59 Å². The summed E-state index contributed by atoms with van der Waals surface area (Å²) in [7, 11) is 0. The van der Waals surface area contributed by atoms with Crippen molar-refractivity contribution in [3.8, 4) is 0 Å². The predicted octanol–water partition coefficient (Wildman–Crippen LogP) is 0.476. The van der Waals surface area contributed by atoms with E-state index in [0.29, 0.717) is 6.54 Å². The minimum absolute atomic E-state index is 0.0156. The van der Waals surface area contributed by atoms with E-state index in [1.165, 1.54) is 0 Å². The number of likely N-dealkylation sites (tertiary alicyclic amines) is 1. The van der Waals surface area contributed by atoms with E-state index in [1.54, 1.807) is 17.3 Å². The quantitative estimate of drug-likeness (QED) is 0.824. The van der Waals surface area contributed by atoms with Gasteiger partial charge >= 0.3 is 0 Å². The lowest BCUT2D eigenvalue weighted by atomic mass is 10.1. The van der Waals surface area contributed by atoms with Crippen molar-refractivity contribution in [2.75, 3.05) is 6.54 Å². The number of nitrogens with zero attached hydrogens (tertiary/aromatic N) is 2. The molecule has 0 radical (unpaired) electrons. The van der Waals surface area contributed by atoms with Crippen LogP contribution in [0.2, 0.25) is 0 Å². The Labute approximate surface area is 99.6 Å². The molecule has 1 aromatic rings. The van der Waals surface area contributed by atoms with Crippen LogP contribution in [0.1, 0.15) is 24.9 Å². The Bertz CT molecular complexity index is 433. The number of aromatic nitrogens is 1. The van der Waals surface area contributed by atoms with Gasteiger partial charge in [0, 0.05) is 25.4 Å². The maximum absolute atomic E-state index is 11.8. The van der Waals surface area contributed by atoms with Crippen LogP contribution in [0.3, 0.4) is 0 Å². The van der Waals surface area contributed by atoms with E-state index in [0.717, 1.165) is 5.56 Å². The molecule has 2 rings (SSSR count). The van der Waals surface area contributed by atoms with E-state index >= 15 is 0 Å². The summed E-state index contributed by atoms with van der Waals surface area (Å²) in [6, 6.07) is 3.69. The second kappa shape index (κ2) is 4.53. The number of primary amides is 1. The zero-order valence-corrected chi connectivity index (χ0v) is 9.67. The van der Waals surface area contributed by atoms with Crippen LogP contribution in [0.25, 0.3) is 0 Å². The van der Waals surface area contributed by atoms with Crippen molar-refractivity contribution < 1.29 is 9.59 Å². The first-order valence-electron chi connectivity index (χ1n) is 5.58. The molecule has 0 bridgehead atoms. The Hall–Kier alpha value is -1.91. The molecule has 2 heterocycles. The molecule has 17 heavy (non-hydrogen) atoms. The van der Waals surface area contributed by atoms with Crippen LogP contribution in [-0.2, 0) is 9.59 Å². The summed E-state index contributed by atoms with van der Waals surface area (Å²) < 4.78 is 0. The van der Waals surface area contributed by atoms with Crippen LogP contribution in [-0.4, -0.2) is 28.2 Å². The lowest BCUT2D eigenvalue weighted by Crippen LogP contribution is -2.30. The van der Waals surface area contributed by atoms with E-state index in [1.807, 2.05) is 19.1 Å². The van der Waals surface area contributed by atoms with Crippen LogP contribution < -0.4 is 5.73 Å². The monoisotopic (exact) mass is 233 g/mol. The molecule has 5 nitrogen and oxygen atoms in total. The van der Waals surface area contributed by atoms with Crippen molar-refractivity contribution >= 4 is 11.8 Å². The molecule has 1 saturated heterocycles. The Balaban J connectivity index is 2.14. The third-order valence-electron chi connectivity index (χ3n) is 3.22. The Kier molecular flexibility index (Phi) is 3.08. The van der Waals surface area contributed by atoms with Crippen LogP contribution in [0.15, 0.2) is 24.5 Å². The number of carbonyl (C=O) groups is 2. The van der Waals surface area contributed by atoms with Gasteiger partial charge in [-0.25, -0.2) is 0 Å². The minimum Gasteiger partial charge on any atom is -0.369 e. The largest absolute Gasteiger partial charge is 0.369 e. The number of amides is 2. The van der Waals surface area contributed by atoms with Crippen molar-refractivity contribution in [2.24, 2.45) is 11.7 Å². The number of pyridine rings is 1. The summed E-state index contributed by atoms with van der Waals surface area (Å²) in [6.45, 7) is 2.36. The molecule has 2 amide bonds. The molecule has 1 aliphatic rings. The number of nitrogens with two attached hydrogens (primary N) is 1. The molecule has 0 aromatic carbocycles. The predicted molar refractivity (Wildman–Crippen MR) is 61.7 cm³/mol. The highest BCUT2D eigenvalue weighted by Gasteiger charge is 2.35. The van der Waals surface area contributed by atoms with Crippen molar-refractivity contribution in [1.29, 1.82) is 0 Å². The highest BCUT2D eigenvalue weighted by molar-refractivity contribution is 5.88. The third-order valence-corrected chi connectivity index (χ3v) is 3.22. The third kappa shape index (κ3) is 2.27. The summed E-state index contributed by atoms with van der Waals surface area (Å²) in [5, 5.41) is 0. The normalized spacial score (nSPS) is 21.6. The van der Waals surface area contributed by atoms with Crippen LogP contribution in [0, 0.1) is 5.92 Å². The molecule has 2 N–H and O–H groups in total. The van der Waals surface area contributed by atoms with Crippen molar-refractivity contribution in [3.63, 3.8) is 0 Å². The van der Waals surface area contributed by atoms with E-state index < -0.39 is 5.91 Å². The van der Waals surface area contributed by atoms with Gasteiger partial charge in [-0.3, -0.25) is 14.6 Å². The van der Waals surface area contributed by atoms with Gasteiger partial charge in [0.05, 0.1) is 12.0 Å². The molecule has 0 saturated carbocycles. The fraction of sp³-hybridized carbons (Fsp3) is 0.417. The van der Waals surface area contributed by atoms with Gasteiger partial charge in [0.1, 0.15) is 0 Å². The smallest absolute Gasteiger partial charge is 0.223 e. The first-order valence-corrected chi connectivity index (χ1v) is 5.58. The van der Waals surface area contributed by atoms with E-state index in [2.05, 4.69) is 4.98 Å². The van der Waals surface area contributed by atoms with Gasteiger partial charge in [-0.1, -0.05) is 0 Å². The second-order valence-corrected chi connectivity index (χ2v) is 4.31.